The van der Waals surface area contributed by atoms with Crippen LogP contribution < -0.4 is 10.6 Å². The van der Waals surface area contributed by atoms with Crippen LogP contribution in [0.15, 0.2) is 18.2 Å². The summed E-state index contributed by atoms with van der Waals surface area (Å²) in [6.45, 7) is 3.04. The van der Waals surface area contributed by atoms with Gasteiger partial charge in [0, 0.05) is 22.3 Å². The van der Waals surface area contributed by atoms with E-state index < -0.39 is 17.4 Å². The Morgan fingerprint density at radius 2 is 1.74 bits per heavy atom. The Morgan fingerprint density at radius 3 is 2.21 bits per heavy atom. The fraction of sp³-hybridized carbons (Fsp3) is 0.333. The lowest BCUT2D eigenvalue weighted by Crippen LogP contribution is -2.40. The second-order valence-electron chi connectivity index (χ2n) is 4.65. The van der Waals surface area contributed by atoms with E-state index in [4.69, 9.17) is 28.3 Å². The van der Waals surface area contributed by atoms with Gasteiger partial charge in [0.05, 0.1) is 5.41 Å². The number of carbonyl (C=O) groups excluding carboxylic acids is 1. The number of nitrogens with one attached hydrogen (secondary N) is 2. The van der Waals surface area contributed by atoms with Crippen molar-refractivity contribution >= 4 is 40.9 Å². The second-order valence-corrected chi connectivity index (χ2v) is 5.53. The zero-order valence-electron chi connectivity index (χ0n) is 10.5. The molecule has 0 unspecified atom stereocenters. The second kappa shape index (κ2) is 6.12. The van der Waals surface area contributed by atoms with Crippen LogP contribution in [0.5, 0.6) is 0 Å². The number of urea groups is 1. The van der Waals surface area contributed by atoms with E-state index in [1.807, 2.05) is 0 Å². The lowest BCUT2D eigenvalue weighted by Gasteiger charge is -2.19. The van der Waals surface area contributed by atoms with E-state index in [-0.39, 0.29) is 6.54 Å². The van der Waals surface area contributed by atoms with Crippen molar-refractivity contribution in [2.75, 3.05) is 11.9 Å². The Kier molecular flexibility index (Phi) is 5.03. The molecule has 7 heteroatoms. The topological polar surface area (TPSA) is 78.4 Å². The van der Waals surface area contributed by atoms with E-state index >= 15 is 0 Å². The standard InChI is InChI=1S/C12H14Cl2N2O3/c1-12(2,10(17)18)6-15-11(19)16-9-4-7(13)3-8(14)5-9/h3-5H,6H2,1-2H3,(H,17,18)(H2,15,16,19). The SMILES string of the molecule is CC(C)(CNC(=O)Nc1cc(Cl)cc(Cl)c1)C(=O)O. The summed E-state index contributed by atoms with van der Waals surface area (Å²) in [7, 11) is 0. The van der Waals surface area contributed by atoms with Crippen LogP contribution in [0.4, 0.5) is 10.5 Å². The molecule has 0 spiro atoms. The largest absolute Gasteiger partial charge is 0.481 e. The lowest BCUT2D eigenvalue weighted by atomic mass is 9.94. The van der Waals surface area contributed by atoms with Gasteiger partial charge >= 0.3 is 12.0 Å². The first-order valence-corrected chi connectivity index (χ1v) is 6.20. The van der Waals surface area contributed by atoms with E-state index in [0.29, 0.717) is 15.7 Å². The molecule has 0 radical (unpaired) electrons. The van der Waals surface area contributed by atoms with Gasteiger partial charge in [0.2, 0.25) is 0 Å². The van der Waals surface area contributed by atoms with E-state index in [0.717, 1.165) is 0 Å². The van der Waals surface area contributed by atoms with Crippen molar-refractivity contribution < 1.29 is 14.7 Å². The van der Waals surface area contributed by atoms with E-state index in [1.165, 1.54) is 26.0 Å². The summed E-state index contributed by atoms with van der Waals surface area (Å²) in [5, 5.41) is 14.7. The van der Waals surface area contributed by atoms with E-state index in [2.05, 4.69) is 10.6 Å². The molecule has 104 valence electrons. The summed E-state index contributed by atoms with van der Waals surface area (Å²) >= 11 is 11.6. The molecule has 5 nitrogen and oxygen atoms in total. The predicted molar refractivity (Wildman–Crippen MR) is 74.9 cm³/mol. The van der Waals surface area contributed by atoms with Crippen LogP contribution in [0, 0.1) is 5.41 Å². The van der Waals surface area contributed by atoms with Gasteiger partial charge in [0.25, 0.3) is 0 Å². The van der Waals surface area contributed by atoms with Crippen molar-refractivity contribution in [2.24, 2.45) is 5.41 Å². The number of hydrogen-bond acceptors (Lipinski definition) is 2. The molecular formula is C12H14Cl2N2O3. The molecule has 0 saturated carbocycles. The molecule has 0 fully saturated rings. The van der Waals surface area contributed by atoms with Gasteiger partial charge in [-0.05, 0) is 32.0 Å². The third kappa shape index (κ3) is 4.96. The van der Waals surface area contributed by atoms with Crippen molar-refractivity contribution in [2.45, 2.75) is 13.8 Å². The number of carboxylic acid groups (broad SMARTS) is 1. The van der Waals surface area contributed by atoms with Crippen LogP contribution in [0.1, 0.15) is 13.8 Å². The van der Waals surface area contributed by atoms with Crippen LogP contribution in [0.2, 0.25) is 10.0 Å². The molecule has 3 N–H and O–H groups in total. The highest BCUT2D eigenvalue weighted by Gasteiger charge is 2.27. The molecule has 2 amide bonds. The van der Waals surface area contributed by atoms with Gasteiger partial charge in [0.1, 0.15) is 0 Å². The minimum Gasteiger partial charge on any atom is -0.481 e. The molecule has 1 aromatic carbocycles. The van der Waals surface area contributed by atoms with Gasteiger partial charge < -0.3 is 15.7 Å². The normalized spacial score (nSPS) is 10.9. The van der Waals surface area contributed by atoms with Gasteiger partial charge in [-0.25, -0.2) is 4.79 Å². The molecular weight excluding hydrogens is 291 g/mol. The lowest BCUT2D eigenvalue weighted by molar-refractivity contribution is -0.146. The number of carboxylic acids is 1. The van der Waals surface area contributed by atoms with Crippen LogP contribution in [-0.2, 0) is 4.79 Å². The molecule has 1 aromatic rings. The first kappa shape index (κ1) is 15.6. The Morgan fingerprint density at radius 1 is 1.21 bits per heavy atom. The summed E-state index contributed by atoms with van der Waals surface area (Å²) in [5.74, 6) is -0.987. The summed E-state index contributed by atoms with van der Waals surface area (Å²) in [5.41, 5.74) is -0.605. The van der Waals surface area contributed by atoms with Gasteiger partial charge in [-0.1, -0.05) is 23.2 Å². The van der Waals surface area contributed by atoms with Gasteiger partial charge in [-0.15, -0.1) is 0 Å². The van der Waals surface area contributed by atoms with Crippen molar-refractivity contribution in [3.05, 3.63) is 28.2 Å². The number of hydrogen-bond donors (Lipinski definition) is 3. The molecule has 0 heterocycles. The molecule has 0 aliphatic heterocycles. The summed E-state index contributed by atoms with van der Waals surface area (Å²) in [6.07, 6.45) is 0. The number of carbonyl (C=O) groups is 2. The Hall–Kier alpha value is -1.46. The zero-order chi connectivity index (χ0) is 14.6. The minimum absolute atomic E-state index is 0.00244. The third-order valence-electron chi connectivity index (χ3n) is 2.39. The molecule has 19 heavy (non-hydrogen) atoms. The van der Waals surface area contributed by atoms with Crippen LogP contribution in [0.25, 0.3) is 0 Å². The zero-order valence-corrected chi connectivity index (χ0v) is 12.0. The maximum Gasteiger partial charge on any atom is 0.319 e. The molecule has 0 aliphatic rings. The maximum atomic E-state index is 11.6. The van der Waals surface area contributed by atoms with Crippen LogP contribution >= 0.6 is 23.2 Å². The van der Waals surface area contributed by atoms with E-state index in [1.54, 1.807) is 6.07 Å². The first-order valence-electron chi connectivity index (χ1n) is 5.45. The molecule has 0 saturated heterocycles. The molecule has 0 aromatic heterocycles. The van der Waals surface area contributed by atoms with Gasteiger partial charge in [-0.3, -0.25) is 4.79 Å². The molecule has 0 atom stereocenters. The van der Waals surface area contributed by atoms with Crippen molar-refractivity contribution in [3.8, 4) is 0 Å². The minimum atomic E-state index is -1.04. The van der Waals surface area contributed by atoms with Crippen LogP contribution in [-0.4, -0.2) is 23.7 Å². The molecule has 1 rings (SSSR count). The first-order chi connectivity index (χ1) is 8.70. The Bertz CT molecular complexity index is 483. The number of amides is 2. The van der Waals surface area contributed by atoms with Crippen LogP contribution in [0.3, 0.4) is 0 Å². The van der Waals surface area contributed by atoms with Crippen molar-refractivity contribution in [1.29, 1.82) is 0 Å². The van der Waals surface area contributed by atoms with Crippen molar-refractivity contribution in [1.82, 2.24) is 5.32 Å². The fourth-order valence-electron chi connectivity index (χ4n) is 1.18. The smallest absolute Gasteiger partial charge is 0.319 e. The number of rotatable bonds is 4. The van der Waals surface area contributed by atoms with Crippen molar-refractivity contribution in [3.63, 3.8) is 0 Å². The Balaban J connectivity index is 2.59. The summed E-state index contributed by atoms with van der Waals surface area (Å²) < 4.78 is 0. The Labute approximate surface area is 120 Å². The number of aliphatic carboxylic acids is 1. The molecule has 0 aliphatic carbocycles. The predicted octanol–water partition coefficient (Wildman–Crippen LogP) is 3.23. The average Bonchev–Trinajstić information content (AvgIpc) is 2.24. The summed E-state index contributed by atoms with van der Waals surface area (Å²) in [4.78, 5) is 22.5. The van der Waals surface area contributed by atoms with E-state index in [9.17, 15) is 9.59 Å². The highest BCUT2D eigenvalue weighted by atomic mass is 35.5. The highest BCUT2D eigenvalue weighted by molar-refractivity contribution is 6.35. The number of benzene rings is 1. The highest BCUT2D eigenvalue weighted by Crippen LogP contribution is 2.22. The maximum absolute atomic E-state index is 11.6. The molecule has 0 bridgehead atoms. The van der Waals surface area contributed by atoms with Gasteiger partial charge in [0.15, 0.2) is 0 Å². The number of halogens is 2. The average molecular weight is 305 g/mol. The third-order valence-corrected chi connectivity index (χ3v) is 2.83. The monoisotopic (exact) mass is 304 g/mol. The van der Waals surface area contributed by atoms with Gasteiger partial charge in [-0.2, -0.15) is 0 Å². The summed E-state index contributed by atoms with van der Waals surface area (Å²) in [6, 6.07) is 4.09. The quantitative estimate of drug-likeness (QED) is 0.799. The fourth-order valence-corrected chi connectivity index (χ4v) is 1.70. The number of anilines is 1.